The molecule has 0 aliphatic carbocycles. The second-order valence-corrected chi connectivity index (χ2v) is 4.97. The molecule has 0 radical (unpaired) electrons. The minimum atomic E-state index is -0.251. The second kappa shape index (κ2) is 5.68. The van der Waals surface area contributed by atoms with Crippen molar-refractivity contribution in [3.8, 4) is 0 Å². The SMILES string of the molecule is CN1CCO[C@H](c2noc(Cc3ccc(F)cc3)n2)C1. The summed E-state index contributed by atoms with van der Waals surface area (Å²) in [6, 6.07) is 6.27. The number of nitrogens with zero attached hydrogens (tertiary/aromatic N) is 3. The van der Waals surface area contributed by atoms with Gasteiger partial charge >= 0.3 is 0 Å². The highest BCUT2D eigenvalue weighted by Crippen LogP contribution is 2.19. The Morgan fingerprint density at radius 2 is 2.15 bits per heavy atom. The van der Waals surface area contributed by atoms with E-state index >= 15 is 0 Å². The van der Waals surface area contributed by atoms with Crippen LogP contribution in [0.2, 0.25) is 0 Å². The Labute approximate surface area is 116 Å². The Balaban J connectivity index is 1.68. The first kappa shape index (κ1) is 13.2. The zero-order chi connectivity index (χ0) is 13.9. The molecule has 106 valence electrons. The molecule has 0 unspecified atom stereocenters. The fourth-order valence-corrected chi connectivity index (χ4v) is 2.18. The van der Waals surface area contributed by atoms with Gasteiger partial charge in [-0.2, -0.15) is 4.98 Å². The highest BCUT2D eigenvalue weighted by atomic mass is 19.1. The lowest BCUT2D eigenvalue weighted by molar-refractivity contribution is -0.0264. The molecule has 5 nitrogen and oxygen atoms in total. The van der Waals surface area contributed by atoms with E-state index in [0.717, 1.165) is 18.7 Å². The van der Waals surface area contributed by atoms with Crippen LogP contribution in [0, 0.1) is 5.82 Å². The molecule has 0 spiro atoms. The van der Waals surface area contributed by atoms with Gasteiger partial charge in [0.05, 0.1) is 13.0 Å². The highest BCUT2D eigenvalue weighted by molar-refractivity contribution is 5.19. The zero-order valence-corrected chi connectivity index (χ0v) is 11.3. The predicted molar refractivity (Wildman–Crippen MR) is 69.7 cm³/mol. The summed E-state index contributed by atoms with van der Waals surface area (Å²) in [6.07, 6.45) is 0.356. The van der Waals surface area contributed by atoms with Crippen LogP contribution in [-0.4, -0.2) is 41.8 Å². The van der Waals surface area contributed by atoms with Crippen LogP contribution in [0.5, 0.6) is 0 Å². The van der Waals surface area contributed by atoms with Gasteiger partial charge in [-0.3, -0.25) is 0 Å². The number of rotatable bonds is 3. The van der Waals surface area contributed by atoms with E-state index in [1.165, 1.54) is 12.1 Å². The fraction of sp³-hybridized carbons (Fsp3) is 0.429. The van der Waals surface area contributed by atoms with E-state index in [1.54, 1.807) is 12.1 Å². The Bertz CT molecular complexity index is 570. The first-order chi connectivity index (χ1) is 9.70. The van der Waals surface area contributed by atoms with E-state index in [2.05, 4.69) is 15.0 Å². The van der Waals surface area contributed by atoms with Crippen molar-refractivity contribution in [3.63, 3.8) is 0 Å². The number of benzene rings is 1. The summed E-state index contributed by atoms with van der Waals surface area (Å²) < 4.78 is 23.7. The van der Waals surface area contributed by atoms with Crippen LogP contribution >= 0.6 is 0 Å². The number of likely N-dealkylation sites (N-methyl/N-ethyl adjacent to an activating group) is 1. The number of morpholine rings is 1. The van der Waals surface area contributed by atoms with E-state index in [4.69, 9.17) is 9.26 Å². The van der Waals surface area contributed by atoms with Gasteiger partial charge in [-0.05, 0) is 24.7 Å². The van der Waals surface area contributed by atoms with Crippen LogP contribution in [0.25, 0.3) is 0 Å². The largest absolute Gasteiger partial charge is 0.367 e. The monoisotopic (exact) mass is 277 g/mol. The minimum Gasteiger partial charge on any atom is -0.367 e. The van der Waals surface area contributed by atoms with E-state index in [-0.39, 0.29) is 11.9 Å². The normalized spacial score (nSPS) is 20.2. The van der Waals surface area contributed by atoms with Crippen molar-refractivity contribution in [2.75, 3.05) is 26.7 Å². The Hall–Kier alpha value is -1.79. The van der Waals surface area contributed by atoms with Crippen molar-refractivity contribution in [2.24, 2.45) is 0 Å². The van der Waals surface area contributed by atoms with Gasteiger partial charge in [0.15, 0.2) is 0 Å². The number of ether oxygens (including phenoxy) is 1. The van der Waals surface area contributed by atoms with Crippen LogP contribution < -0.4 is 0 Å². The van der Waals surface area contributed by atoms with Gasteiger partial charge in [-0.25, -0.2) is 4.39 Å². The second-order valence-electron chi connectivity index (χ2n) is 4.97. The molecule has 1 aromatic heterocycles. The van der Waals surface area contributed by atoms with Crippen molar-refractivity contribution in [2.45, 2.75) is 12.5 Å². The summed E-state index contributed by atoms with van der Waals surface area (Å²) in [5.41, 5.74) is 0.934. The number of aromatic nitrogens is 2. The Morgan fingerprint density at radius 3 is 2.90 bits per heavy atom. The van der Waals surface area contributed by atoms with Crippen LogP contribution in [0.15, 0.2) is 28.8 Å². The molecule has 1 aromatic carbocycles. The van der Waals surface area contributed by atoms with E-state index in [9.17, 15) is 4.39 Å². The molecule has 1 fully saturated rings. The molecular formula is C14H16FN3O2. The van der Waals surface area contributed by atoms with E-state index in [1.807, 2.05) is 7.05 Å². The van der Waals surface area contributed by atoms with Gasteiger partial charge in [0.25, 0.3) is 0 Å². The Morgan fingerprint density at radius 1 is 1.35 bits per heavy atom. The molecule has 1 atom stereocenters. The lowest BCUT2D eigenvalue weighted by Crippen LogP contribution is -2.35. The summed E-state index contributed by atoms with van der Waals surface area (Å²) >= 11 is 0. The lowest BCUT2D eigenvalue weighted by atomic mass is 10.1. The molecule has 0 amide bonds. The van der Waals surface area contributed by atoms with Crippen molar-refractivity contribution in [1.82, 2.24) is 15.0 Å². The van der Waals surface area contributed by atoms with Crippen molar-refractivity contribution in [1.29, 1.82) is 0 Å². The van der Waals surface area contributed by atoms with Gasteiger partial charge in [0.1, 0.15) is 11.9 Å². The Kier molecular flexibility index (Phi) is 3.75. The molecule has 6 heteroatoms. The van der Waals surface area contributed by atoms with Crippen molar-refractivity contribution in [3.05, 3.63) is 47.4 Å². The molecule has 1 aliphatic heterocycles. The molecule has 20 heavy (non-hydrogen) atoms. The summed E-state index contributed by atoms with van der Waals surface area (Å²) in [5.74, 6) is 0.843. The molecule has 3 rings (SSSR count). The molecule has 2 heterocycles. The zero-order valence-electron chi connectivity index (χ0n) is 11.3. The van der Waals surface area contributed by atoms with Crippen LogP contribution in [0.4, 0.5) is 4.39 Å². The number of hydrogen-bond acceptors (Lipinski definition) is 5. The predicted octanol–water partition coefficient (Wildman–Crippen LogP) is 1.80. The van der Waals surface area contributed by atoms with Crippen molar-refractivity contribution < 1.29 is 13.7 Å². The maximum Gasteiger partial charge on any atom is 0.231 e. The first-order valence-corrected chi connectivity index (χ1v) is 6.58. The molecule has 1 saturated heterocycles. The molecule has 2 aromatic rings. The maximum absolute atomic E-state index is 12.8. The number of hydrogen-bond donors (Lipinski definition) is 0. The maximum atomic E-state index is 12.8. The van der Waals surface area contributed by atoms with E-state index in [0.29, 0.717) is 24.7 Å². The minimum absolute atomic E-state index is 0.139. The third kappa shape index (κ3) is 3.02. The summed E-state index contributed by atoms with van der Waals surface area (Å²) in [6.45, 7) is 2.34. The van der Waals surface area contributed by atoms with Gasteiger partial charge in [-0.15, -0.1) is 0 Å². The average molecular weight is 277 g/mol. The molecule has 1 aliphatic rings. The van der Waals surface area contributed by atoms with Crippen LogP contribution in [0.1, 0.15) is 23.4 Å². The molecule has 0 N–H and O–H groups in total. The average Bonchev–Trinajstić information content (AvgIpc) is 2.90. The van der Waals surface area contributed by atoms with Gasteiger partial charge in [0.2, 0.25) is 11.7 Å². The standard InChI is InChI=1S/C14H16FN3O2/c1-18-6-7-19-12(9-18)14-16-13(20-17-14)8-10-2-4-11(15)5-3-10/h2-5,12H,6-9H2,1H3/t12-/m0/s1. The summed E-state index contributed by atoms with van der Waals surface area (Å²) in [5, 5.41) is 3.98. The number of halogens is 1. The fourth-order valence-electron chi connectivity index (χ4n) is 2.18. The van der Waals surface area contributed by atoms with Gasteiger partial charge < -0.3 is 14.2 Å². The topological polar surface area (TPSA) is 51.4 Å². The first-order valence-electron chi connectivity index (χ1n) is 6.58. The molecule has 0 saturated carbocycles. The third-order valence-corrected chi connectivity index (χ3v) is 3.31. The highest BCUT2D eigenvalue weighted by Gasteiger charge is 2.24. The molecule has 0 bridgehead atoms. The smallest absolute Gasteiger partial charge is 0.231 e. The van der Waals surface area contributed by atoms with Crippen molar-refractivity contribution >= 4 is 0 Å². The van der Waals surface area contributed by atoms with E-state index < -0.39 is 0 Å². The van der Waals surface area contributed by atoms with Crippen LogP contribution in [0.3, 0.4) is 0 Å². The molecular weight excluding hydrogens is 261 g/mol. The summed E-state index contributed by atoms with van der Waals surface area (Å²) in [4.78, 5) is 6.53. The lowest BCUT2D eigenvalue weighted by Gasteiger charge is -2.27. The third-order valence-electron chi connectivity index (χ3n) is 3.31. The van der Waals surface area contributed by atoms with Gasteiger partial charge in [0, 0.05) is 13.1 Å². The quantitative estimate of drug-likeness (QED) is 0.856. The summed E-state index contributed by atoms with van der Waals surface area (Å²) in [7, 11) is 2.04. The van der Waals surface area contributed by atoms with Gasteiger partial charge in [-0.1, -0.05) is 17.3 Å². The van der Waals surface area contributed by atoms with Crippen LogP contribution in [-0.2, 0) is 11.2 Å².